The molecule has 1 aliphatic rings. The number of hydrogen-bond donors (Lipinski definition) is 1. The van der Waals surface area contributed by atoms with Gasteiger partial charge in [-0.2, -0.15) is 0 Å². The van der Waals surface area contributed by atoms with E-state index < -0.39 is 0 Å². The predicted molar refractivity (Wildman–Crippen MR) is 68.5 cm³/mol. The first-order valence-electron chi connectivity index (χ1n) is 6.02. The molecule has 1 fully saturated rings. The van der Waals surface area contributed by atoms with E-state index in [2.05, 4.69) is 17.2 Å². The Labute approximate surface area is 105 Å². The Morgan fingerprint density at radius 1 is 1.41 bits per heavy atom. The number of para-hydroxylation sites is 1. The van der Waals surface area contributed by atoms with Crippen LogP contribution in [0.2, 0.25) is 5.02 Å². The number of piperidine rings is 1. The molecule has 2 atom stereocenters. The van der Waals surface area contributed by atoms with Crippen LogP contribution in [0.4, 0.5) is 0 Å². The summed E-state index contributed by atoms with van der Waals surface area (Å²) in [6, 6.07) is 6.24. The van der Waals surface area contributed by atoms with Crippen molar-refractivity contribution in [3.8, 4) is 0 Å². The number of oxazole rings is 1. The van der Waals surface area contributed by atoms with Crippen LogP contribution in [0.3, 0.4) is 0 Å². The summed E-state index contributed by atoms with van der Waals surface area (Å²) in [7, 11) is 0. The van der Waals surface area contributed by atoms with Gasteiger partial charge in [0.25, 0.3) is 0 Å². The maximum atomic E-state index is 6.09. The highest BCUT2D eigenvalue weighted by Gasteiger charge is 2.23. The van der Waals surface area contributed by atoms with Crippen molar-refractivity contribution in [3.63, 3.8) is 0 Å². The van der Waals surface area contributed by atoms with Crippen molar-refractivity contribution in [2.75, 3.05) is 6.54 Å². The summed E-state index contributed by atoms with van der Waals surface area (Å²) in [4.78, 5) is 4.52. The fourth-order valence-corrected chi connectivity index (χ4v) is 2.52. The van der Waals surface area contributed by atoms with Gasteiger partial charge in [-0.1, -0.05) is 17.7 Å². The van der Waals surface area contributed by atoms with Crippen LogP contribution in [0.1, 0.15) is 31.6 Å². The van der Waals surface area contributed by atoms with Gasteiger partial charge in [0, 0.05) is 18.5 Å². The minimum absolute atomic E-state index is 0.370. The van der Waals surface area contributed by atoms with Crippen LogP contribution in [-0.2, 0) is 0 Å². The van der Waals surface area contributed by atoms with E-state index in [1.165, 1.54) is 0 Å². The molecule has 1 N–H and O–H groups in total. The maximum Gasteiger partial charge on any atom is 0.199 e. The third-order valence-corrected chi connectivity index (χ3v) is 3.70. The molecule has 2 aromatic rings. The van der Waals surface area contributed by atoms with Gasteiger partial charge in [-0.05, 0) is 31.9 Å². The van der Waals surface area contributed by atoms with Crippen molar-refractivity contribution in [2.24, 2.45) is 0 Å². The van der Waals surface area contributed by atoms with E-state index in [0.29, 0.717) is 17.0 Å². The Hall–Kier alpha value is -1.06. The lowest BCUT2D eigenvalue weighted by Crippen LogP contribution is -2.35. The monoisotopic (exact) mass is 250 g/mol. The lowest BCUT2D eigenvalue weighted by Gasteiger charge is -2.25. The normalized spacial score (nSPS) is 25.3. The van der Waals surface area contributed by atoms with Crippen LogP contribution in [0.25, 0.3) is 11.1 Å². The average Bonchev–Trinajstić information content (AvgIpc) is 2.75. The highest BCUT2D eigenvalue weighted by atomic mass is 35.5. The summed E-state index contributed by atoms with van der Waals surface area (Å²) in [6.07, 6.45) is 2.29. The summed E-state index contributed by atoms with van der Waals surface area (Å²) in [5.74, 6) is 1.18. The summed E-state index contributed by atoms with van der Waals surface area (Å²) >= 11 is 6.09. The molecular weight excluding hydrogens is 236 g/mol. The van der Waals surface area contributed by atoms with Gasteiger partial charge in [-0.15, -0.1) is 0 Å². The molecule has 2 heterocycles. The van der Waals surface area contributed by atoms with Crippen molar-refractivity contribution < 1.29 is 4.42 Å². The topological polar surface area (TPSA) is 38.1 Å². The zero-order valence-electron chi connectivity index (χ0n) is 9.74. The SMILES string of the molecule is C[C@@H]1CC[C@@H](c2nc3c(Cl)cccc3o2)CN1. The predicted octanol–water partition coefficient (Wildman–Crippen LogP) is 3.34. The van der Waals surface area contributed by atoms with Crippen LogP contribution in [-0.4, -0.2) is 17.6 Å². The zero-order valence-corrected chi connectivity index (χ0v) is 10.5. The van der Waals surface area contributed by atoms with E-state index >= 15 is 0 Å². The molecule has 0 saturated carbocycles. The largest absolute Gasteiger partial charge is 0.440 e. The fraction of sp³-hybridized carbons (Fsp3) is 0.462. The van der Waals surface area contributed by atoms with Gasteiger partial charge < -0.3 is 9.73 Å². The molecule has 4 heteroatoms. The Balaban J connectivity index is 1.93. The van der Waals surface area contributed by atoms with E-state index in [-0.39, 0.29) is 0 Å². The number of benzene rings is 1. The first-order chi connectivity index (χ1) is 8.24. The van der Waals surface area contributed by atoms with Gasteiger partial charge >= 0.3 is 0 Å². The van der Waals surface area contributed by atoms with Gasteiger partial charge in [-0.25, -0.2) is 4.98 Å². The molecular formula is C13H15ClN2O. The maximum absolute atomic E-state index is 6.09. The smallest absolute Gasteiger partial charge is 0.199 e. The van der Waals surface area contributed by atoms with Crippen molar-refractivity contribution in [2.45, 2.75) is 31.7 Å². The molecule has 0 spiro atoms. The van der Waals surface area contributed by atoms with Crippen molar-refractivity contribution in [1.82, 2.24) is 10.3 Å². The molecule has 1 aromatic carbocycles. The number of halogens is 1. The number of aromatic nitrogens is 1. The van der Waals surface area contributed by atoms with Gasteiger partial charge in [0.05, 0.1) is 5.02 Å². The summed E-state index contributed by atoms with van der Waals surface area (Å²) < 4.78 is 5.79. The van der Waals surface area contributed by atoms with Gasteiger partial charge in [0.15, 0.2) is 11.5 Å². The van der Waals surface area contributed by atoms with Crippen LogP contribution in [0, 0.1) is 0 Å². The van der Waals surface area contributed by atoms with E-state index in [1.54, 1.807) is 0 Å². The molecule has 1 aromatic heterocycles. The Morgan fingerprint density at radius 3 is 3.00 bits per heavy atom. The summed E-state index contributed by atoms with van der Waals surface area (Å²) in [6.45, 7) is 3.14. The lowest BCUT2D eigenvalue weighted by atomic mass is 9.95. The van der Waals surface area contributed by atoms with E-state index in [9.17, 15) is 0 Å². The second-order valence-corrected chi connectivity index (χ2v) is 5.13. The van der Waals surface area contributed by atoms with Crippen molar-refractivity contribution >= 4 is 22.7 Å². The molecule has 0 amide bonds. The van der Waals surface area contributed by atoms with Gasteiger partial charge in [0.2, 0.25) is 0 Å². The first-order valence-corrected chi connectivity index (χ1v) is 6.40. The van der Waals surface area contributed by atoms with Crippen LogP contribution in [0.5, 0.6) is 0 Å². The third-order valence-electron chi connectivity index (χ3n) is 3.40. The molecule has 3 rings (SSSR count). The summed E-state index contributed by atoms with van der Waals surface area (Å²) in [5, 5.41) is 4.12. The molecule has 0 unspecified atom stereocenters. The quantitative estimate of drug-likeness (QED) is 0.844. The number of hydrogen-bond acceptors (Lipinski definition) is 3. The second kappa shape index (κ2) is 4.31. The number of nitrogens with zero attached hydrogens (tertiary/aromatic N) is 1. The molecule has 90 valence electrons. The molecule has 1 aliphatic heterocycles. The van der Waals surface area contributed by atoms with Crippen LogP contribution < -0.4 is 5.32 Å². The molecule has 0 bridgehead atoms. The Morgan fingerprint density at radius 2 is 2.29 bits per heavy atom. The number of rotatable bonds is 1. The molecule has 1 saturated heterocycles. The van der Waals surface area contributed by atoms with Crippen molar-refractivity contribution in [3.05, 3.63) is 29.1 Å². The fourth-order valence-electron chi connectivity index (χ4n) is 2.32. The van der Waals surface area contributed by atoms with Gasteiger partial charge in [0.1, 0.15) is 5.52 Å². The summed E-state index contributed by atoms with van der Waals surface area (Å²) in [5.41, 5.74) is 1.56. The zero-order chi connectivity index (χ0) is 11.8. The minimum atomic E-state index is 0.370. The Kier molecular flexibility index (Phi) is 2.81. The standard InChI is InChI=1S/C13H15ClN2O/c1-8-5-6-9(7-15-8)13-16-12-10(14)3-2-4-11(12)17-13/h2-4,8-9,15H,5-7H2,1H3/t8-,9-/m1/s1. The van der Waals surface area contributed by atoms with Crippen molar-refractivity contribution in [1.29, 1.82) is 0 Å². The minimum Gasteiger partial charge on any atom is -0.440 e. The average molecular weight is 251 g/mol. The van der Waals surface area contributed by atoms with E-state index in [4.69, 9.17) is 16.0 Å². The number of nitrogens with one attached hydrogen (secondary N) is 1. The van der Waals surface area contributed by atoms with Gasteiger partial charge in [-0.3, -0.25) is 0 Å². The highest BCUT2D eigenvalue weighted by molar-refractivity contribution is 6.34. The third kappa shape index (κ3) is 2.05. The highest BCUT2D eigenvalue weighted by Crippen LogP contribution is 2.30. The second-order valence-electron chi connectivity index (χ2n) is 4.72. The molecule has 0 radical (unpaired) electrons. The first kappa shape index (κ1) is 11.1. The van der Waals surface area contributed by atoms with Crippen LogP contribution in [0.15, 0.2) is 22.6 Å². The molecule has 3 nitrogen and oxygen atoms in total. The van der Waals surface area contributed by atoms with E-state index in [0.717, 1.165) is 36.4 Å². The molecule has 17 heavy (non-hydrogen) atoms. The Bertz CT molecular complexity index is 529. The van der Waals surface area contributed by atoms with E-state index in [1.807, 2.05) is 18.2 Å². The lowest BCUT2D eigenvalue weighted by molar-refractivity contribution is 0.342. The molecule has 0 aliphatic carbocycles. The number of fused-ring (bicyclic) bond motifs is 1. The van der Waals surface area contributed by atoms with Crippen LogP contribution >= 0.6 is 11.6 Å².